The zero-order valence-corrected chi connectivity index (χ0v) is 26.9. The average molecular weight is 607 g/mol. The van der Waals surface area contributed by atoms with Crippen molar-refractivity contribution in [1.29, 1.82) is 0 Å². The van der Waals surface area contributed by atoms with Crippen LogP contribution in [-0.4, -0.2) is 0 Å². The van der Waals surface area contributed by atoms with Crippen LogP contribution in [0, 0.1) is 73.1 Å². The highest BCUT2D eigenvalue weighted by atomic mass is 14.0. The standard InChI is InChI=1S/C48H30/c1-37-3-7-39(8-4-37)11-13-41-15-19-43(20-16-41)23-25-45-27-31-47(32-28-45)35-36-48-33-29-46(30-34-48)26-24-44-21-17-42(18-22-44)14-12-40-9-5-38(2)6-10-40/h3-10,15-22,27-34H,1-2H3. The maximum atomic E-state index is 3.24. The molecular weight excluding hydrogens is 577 g/mol. The summed E-state index contributed by atoms with van der Waals surface area (Å²) in [5, 5.41) is 0. The average Bonchev–Trinajstić information content (AvgIpc) is 3.13. The molecule has 222 valence electrons. The van der Waals surface area contributed by atoms with Crippen molar-refractivity contribution in [2.24, 2.45) is 0 Å². The summed E-state index contributed by atoms with van der Waals surface area (Å²) in [5.74, 6) is 32.3. The molecule has 0 aliphatic carbocycles. The summed E-state index contributed by atoms with van der Waals surface area (Å²) in [6, 6.07) is 48.5. The van der Waals surface area contributed by atoms with E-state index in [9.17, 15) is 0 Å². The molecule has 0 saturated carbocycles. The molecule has 0 saturated heterocycles. The Morgan fingerprint density at radius 3 is 0.417 bits per heavy atom. The molecule has 0 heteroatoms. The van der Waals surface area contributed by atoms with Crippen molar-refractivity contribution in [2.75, 3.05) is 0 Å². The summed E-state index contributed by atoms with van der Waals surface area (Å²) < 4.78 is 0. The zero-order valence-electron chi connectivity index (χ0n) is 26.9. The van der Waals surface area contributed by atoms with Crippen LogP contribution in [0.15, 0.2) is 146 Å². The molecule has 6 aromatic rings. The minimum Gasteiger partial charge on any atom is -0.0617 e. The quantitative estimate of drug-likeness (QED) is 0.151. The van der Waals surface area contributed by atoms with Gasteiger partial charge >= 0.3 is 0 Å². The van der Waals surface area contributed by atoms with Gasteiger partial charge in [0, 0.05) is 55.6 Å². The fourth-order valence-corrected chi connectivity index (χ4v) is 4.54. The van der Waals surface area contributed by atoms with Gasteiger partial charge < -0.3 is 0 Å². The second kappa shape index (κ2) is 15.4. The molecule has 0 aliphatic heterocycles. The lowest BCUT2D eigenvalue weighted by Gasteiger charge is -1.95. The van der Waals surface area contributed by atoms with Gasteiger partial charge in [0.25, 0.3) is 0 Å². The zero-order chi connectivity index (χ0) is 33.0. The second-order valence-corrected chi connectivity index (χ2v) is 11.3. The number of aryl methyl sites for hydroxylation is 2. The molecule has 0 nitrogen and oxygen atoms in total. The minimum absolute atomic E-state index is 0.938. The second-order valence-electron chi connectivity index (χ2n) is 11.3. The molecule has 0 aromatic heterocycles. The van der Waals surface area contributed by atoms with E-state index >= 15 is 0 Å². The van der Waals surface area contributed by atoms with Gasteiger partial charge in [0.1, 0.15) is 0 Å². The highest BCUT2D eigenvalue weighted by molar-refractivity contribution is 5.52. The fourth-order valence-electron chi connectivity index (χ4n) is 4.54. The van der Waals surface area contributed by atoms with E-state index in [0.717, 1.165) is 55.6 Å². The lowest BCUT2D eigenvalue weighted by Crippen LogP contribution is -1.81. The highest BCUT2D eigenvalue weighted by Crippen LogP contribution is 2.09. The molecule has 0 aliphatic rings. The molecule has 6 rings (SSSR count). The van der Waals surface area contributed by atoms with Gasteiger partial charge in [0.2, 0.25) is 0 Å². The Bertz CT molecular complexity index is 2170. The molecule has 0 unspecified atom stereocenters. The third-order valence-corrected chi connectivity index (χ3v) is 7.40. The van der Waals surface area contributed by atoms with Gasteiger partial charge in [-0.05, 0) is 135 Å². The summed E-state index contributed by atoms with van der Waals surface area (Å²) >= 11 is 0. The van der Waals surface area contributed by atoms with E-state index in [0.29, 0.717) is 0 Å². The predicted molar refractivity (Wildman–Crippen MR) is 198 cm³/mol. The van der Waals surface area contributed by atoms with E-state index in [1.165, 1.54) is 11.1 Å². The molecule has 0 atom stereocenters. The number of hydrogen-bond donors (Lipinski definition) is 0. The van der Waals surface area contributed by atoms with Gasteiger partial charge in [-0.25, -0.2) is 0 Å². The van der Waals surface area contributed by atoms with Crippen LogP contribution in [0.3, 0.4) is 0 Å². The van der Waals surface area contributed by atoms with Crippen LogP contribution in [0.4, 0.5) is 0 Å². The Balaban J connectivity index is 1.02. The summed E-state index contributed by atoms with van der Waals surface area (Å²) in [6.07, 6.45) is 0. The number of rotatable bonds is 0. The molecule has 0 spiro atoms. The largest absolute Gasteiger partial charge is 0.0617 e. The number of benzene rings is 6. The third kappa shape index (κ3) is 9.31. The summed E-state index contributed by atoms with van der Waals surface area (Å²) in [6.45, 7) is 4.15. The van der Waals surface area contributed by atoms with Crippen LogP contribution < -0.4 is 0 Å². The lowest BCUT2D eigenvalue weighted by molar-refractivity contribution is 1.46. The van der Waals surface area contributed by atoms with Crippen molar-refractivity contribution in [3.05, 3.63) is 212 Å². The molecule has 0 fully saturated rings. The van der Waals surface area contributed by atoms with Gasteiger partial charge in [-0.15, -0.1) is 0 Å². The Kier molecular flexibility index (Phi) is 9.99. The molecular formula is C48H30. The van der Waals surface area contributed by atoms with Crippen molar-refractivity contribution in [3.63, 3.8) is 0 Å². The molecule has 0 bridgehead atoms. The topological polar surface area (TPSA) is 0 Å². The molecule has 0 amide bonds. The van der Waals surface area contributed by atoms with Gasteiger partial charge in [-0.2, -0.15) is 0 Å². The first-order valence-electron chi connectivity index (χ1n) is 15.7. The Labute approximate surface area is 284 Å². The highest BCUT2D eigenvalue weighted by Gasteiger charge is 1.94. The maximum absolute atomic E-state index is 3.24. The van der Waals surface area contributed by atoms with E-state index in [4.69, 9.17) is 0 Å². The molecule has 0 heterocycles. The van der Waals surface area contributed by atoms with Crippen molar-refractivity contribution < 1.29 is 0 Å². The Morgan fingerprint density at radius 1 is 0.188 bits per heavy atom. The molecule has 0 N–H and O–H groups in total. The van der Waals surface area contributed by atoms with Crippen molar-refractivity contribution in [1.82, 2.24) is 0 Å². The van der Waals surface area contributed by atoms with E-state index in [1.54, 1.807) is 0 Å². The van der Waals surface area contributed by atoms with Crippen molar-refractivity contribution >= 4 is 0 Å². The normalized spacial score (nSPS) is 9.46. The van der Waals surface area contributed by atoms with E-state index < -0.39 is 0 Å². The van der Waals surface area contributed by atoms with Gasteiger partial charge in [0.15, 0.2) is 0 Å². The minimum atomic E-state index is 0.938. The third-order valence-electron chi connectivity index (χ3n) is 7.40. The van der Waals surface area contributed by atoms with E-state index in [-0.39, 0.29) is 0 Å². The summed E-state index contributed by atoms with van der Waals surface area (Å²) in [4.78, 5) is 0. The smallest absolute Gasteiger partial charge is 0.0249 e. The fraction of sp³-hybridized carbons (Fsp3) is 0.0417. The predicted octanol–water partition coefficient (Wildman–Crippen LogP) is 9.30. The van der Waals surface area contributed by atoms with Gasteiger partial charge in [0.05, 0.1) is 0 Å². The summed E-state index contributed by atoms with van der Waals surface area (Å²) in [5.41, 5.74) is 12.1. The van der Waals surface area contributed by atoms with E-state index in [2.05, 4.69) is 97.3 Å². The van der Waals surface area contributed by atoms with Gasteiger partial charge in [-0.3, -0.25) is 0 Å². The van der Waals surface area contributed by atoms with Crippen LogP contribution in [-0.2, 0) is 0 Å². The van der Waals surface area contributed by atoms with Crippen LogP contribution >= 0.6 is 0 Å². The maximum Gasteiger partial charge on any atom is 0.0249 e. The Morgan fingerprint density at radius 2 is 0.292 bits per heavy atom. The van der Waals surface area contributed by atoms with Crippen LogP contribution in [0.25, 0.3) is 0 Å². The first-order chi connectivity index (χ1) is 23.5. The lowest BCUT2D eigenvalue weighted by atomic mass is 10.1. The SMILES string of the molecule is Cc1ccc(C#Cc2ccc(C#Cc3ccc(C#Cc4ccc(C#Cc5ccc(C#Cc6ccc(C)cc6)cc5)cc4)cc3)cc2)cc1. The molecule has 48 heavy (non-hydrogen) atoms. The monoisotopic (exact) mass is 606 g/mol. The van der Waals surface area contributed by atoms with Crippen LogP contribution in [0.1, 0.15) is 66.8 Å². The first-order valence-corrected chi connectivity index (χ1v) is 15.7. The van der Waals surface area contributed by atoms with Crippen LogP contribution in [0.2, 0.25) is 0 Å². The van der Waals surface area contributed by atoms with E-state index in [1.807, 2.05) is 121 Å². The van der Waals surface area contributed by atoms with Crippen molar-refractivity contribution in [3.8, 4) is 59.2 Å². The molecule has 6 aromatic carbocycles. The van der Waals surface area contributed by atoms with Gasteiger partial charge in [-0.1, -0.05) is 94.6 Å². The molecule has 0 radical (unpaired) electrons. The Hall–Kier alpha value is -6.88. The van der Waals surface area contributed by atoms with Crippen molar-refractivity contribution in [2.45, 2.75) is 13.8 Å². The summed E-state index contributed by atoms with van der Waals surface area (Å²) in [7, 11) is 0. The first kappa shape index (κ1) is 31.1. The van der Waals surface area contributed by atoms with Crippen LogP contribution in [0.5, 0.6) is 0 Å². The number of hydrogen-bond acceptors (Lipinski definition) is 0.